The topological polar surface area (TPSA) is 12.9 Å². The van der Waals surface area contributed by atoms with Crippen LogP contribution in [-0.2, 0) is 0 Å². The summed E-state index contributed by atoms with van der Waals surface area (Å²) in [6.07, 6.45) is 0. The maximum Gasteiger partial charge on any atom is 0.123 e. The first-order valence-corrected chi connectivity index (χ1v) is 6.19. The van der Waals surface area contributed by atoms with Gasteiger partial charge in [-0.15, -0.1) is 0 Å². The van der Waals surface area contributed by atoms with E-state index in [1.54, 1.807) is 6.07 Å². The number of benzene rings is 3. The van der Waals surface area contributed by atoms with E-state index >= 15 is 0 Å². The highest BCUT2D eigenvalue weighted by molar-refractivity contribution is 6.08. The van der Waals surface area contributed by atoms with E-state index in [-0.39, 0.29) is 5.82 Å². The van der Waals surface area contributed by atoms with Crippen LogP contribution >= 0.6 is 0 Å². The molecular formula is C17H10FN. The summed E-state index contributed by atoms with van der Waals surface area (Å²) in [5.74, 6) is -0.227. The zero-order chi connectivity index (χ0) is 12.8. The molecule has 90 valence electrons. The first kappa shape index (κ1) is 10.4. The van der Waals surface area contributed by atoms with Gasteiger partial charge in [-0.25, -0.2) is 9.37 Å². The summed E-state index contributed by atoms with van der Waals surface area (Å²) >= 11 is 0. The van der Waals surface area contributed by atoms with Gasteiger partial charge >= 0.3 is 0 Å². The number of nitrogens with zero attached hydrogens (tertiary/aromatic N) is 1. The van der Waals surface area contributed by atoms with E-state index in [4.69, 9.17) is 0 Å². The number of hydrogen-bond acceptors (Lipinski definition) is 1. The number of pyridine rings is 1. The van der Waals surface area contributed by atoms with Crippen LogP contribution in [0.4, 0.5) is 4.39 Å². The van der Waals surface area contributed by atoms with Gasteiger partial charge in [-0.3, -0.25) is 0 Å². The zero-order valence-electron chi connectivity index (χ0n) is 10.1. The van der Waals surface area contributed by atoms with Crippen molar-refractivity contribution in [2.45, 2.75) is 0 Å². The second-order valence-corrected chi connectivity index (χ2v) is 4.68. The smallest absolute Gasteiger partial charge is 0.123 e. The molecule has 1 aromatic heterocycles. The number of aromatic nitrogens is 1. The molecule has 2 heteroatoms. The molecule has 0 aliphatic heterocycles. The molecule has 3 aromatic carbocycles. The van der Waals surface area contributed by atoms with Crippen molar-refractivity contribution < 1.29 is 4.39 Å². The Morgan fingerprint density at radius 3 is 2.53 bits per heavy atom. The molecule has 0 saturated heterocycles. The Morgan fingerprint density at radius 2 is 1.58 bits per heavy atom. The Labute approximate surface area is 109 Å². The molecular weight excluding hydrogens is 237 g/mol. The highest BCUT2D eigenvalue weighted by Crippen LogP contribution is 2.27. The van der Waals surface area contributed by atoms with Crippen LogP contribution in [0.5, 0.6) is 0 Å². The lowest BCUT2D eigenvalue weighted by Crippen LogP contribution is -1.85. The number of hydrogen-bond donors (Lipinski definition) is 0. The summed E-state index contributed by atoms with van der Waals surface area (Å²) in [6, 6.07) is 19.0. The molecule has 0 saturated carbocycles. The third-order valence-electron chi connectivity index (χ3n) is 3.46. The van der Waals surface area contributed by atoms with Crippen LogP contribution in [-0.4, -0.2) is 4.98 Å². The Kier molecular flexibility index (Phi) is 2.06. The lowest BCUT2D eigenvalue weighted by atomic mass is 10.0. The Morgan fingerprint density at radius 1 is 0.737 bits per heavy atom. The first-order valence-electron chi connectivity index (χ1n) is 6.19. The summed E-state index contributed by atoms with van der Waals surface area (Å²) < 4.78 is 13.3. The molecule has 0 radical (unpaired) electrons. The van der Waals surface area contributed by atoms with E-state index < -0.39 is 0 Å². The Bertz CT molecular complexity index is 928. The van der Waals surface area contributed by atoms with E-state index in [1.807, 2.05) is 24.3 Å². The highest BCUT2D eigenvalue weighted by Gasteiger charge is 2.04. The lowest BCUT2D eigenvalue weighted by molar-refractivity contribution is 0.629. The van der Waals surface area contributed by atoms with Gasteiger partial charge in [-0.05, 0) is 29.7 Å². The molecule has 0 fully saturated rings. The summed E-state index contributed by atoms with van der Waals surface area (Å²) in [4.78, 5) is 4.68. The molecule has 19 heavy (non-hydrogen) atoms. The summed E-state index contributed by atoms with van der Waals surface area (Å²) in [7, 11) is 0. The Balaban J connectivity index is 2.22. The van der Waals surface area contributed by atoms with Gasteiger partial charge in [-0.1, -0.05) is 36.4 Å². The van der Waals surface area contributed by atoms with Gasteiger partial charge in [0.05, 0.1) is 11.0 Å². The van der Waals surface area contributed by atoms with Crippen LogP contribution in [0, 0.1) is 5.82 Å². The molecule has 0 unspecified atom stereocenters. The maximum atomic E-state index is 13.3. The van der Waals surface area contributed by atoms with Crippen molar-refractivity contribution in [3.63, 3.8) is 0 Å². The van der Waals surface area contributed by atoms with Crippen LogP contribution < -0.4 is 0 Å². The summed E-state index contributed by atoms with van der Waals surface area (Å²) in [5.41, 5.74) is 1.79. The fourth-order valence-corrected chi connectivity index (χ4v) is 2.54. The molecule has 1 nitrogen and oxygen atoms in total. The fourth-order valence-electron chi connectivity index (χ4n) is 2.54. The third kappa shape index (κ3) is 1.57. The molecule has 0 amide bonds. The standard InChI is InChI=1S/C17H10FN/c18-14-7-8-16-13(10-14)9-12-6-5-11-3-1-2-4-15(11)17(12)19-16/h1-10H. The maximum absolute atomic E-state index is 13.3. The van der Waals surface area contributed by atoms with E-state index in [9.17, 15) is 4.39 Å². The average Bonchev–Trinajstić information content (AvgIpc) is 2.45. The second kappa shape index (κ2) is 3.75. The Hall–Kier alpha value is -2.48. The molecule has 4 aromatic rings. The van der Waals surface area contributed by atoms with Crippen molar-refractivity contribution >= 4 is 32.6 Å². The lowest BCUT2D eigenvalue weighted by Gasteiger charge is -2.05. The molecule has 0 aliphatic carbocycles. The predicted octanol–water partition coefficient (Wildman–Crippen LogP) is 4.68. The van der Waals surface area contributed by atoms with Crippen LogP contribution in [0.25, 0.3) is 32.6 Å². The number of rotatable bonds is 0. The molecule has 1 heterocycles. The van der Waals surface area contributed by atoms with Gasteiger partial charge in [0.15, 0.2) is 0 Å². The molecule has 0 bridgehead atoms. The van der Waals surface area contributed by atoms with Gasteiger partial charge in [0.25, 0.3) is 0 Å². The van der Waals surface area contributed by atoms with Crippen molar-refractivity contribution in [1.82, 2.24) is 4.98 Å². The van der Waals surface area contributed by atoms with Crippen LogP contribution in [0.15, 0.2) is 60.7 Å². The van der Waals surface area contributed by atoms with Crippen molar-refractivity contribution in [3.8, 4) is 0 Å². The third-order valence-corrected chi connectivity index (χ3v) is 3.46. The van der Waals surface area contributed by atoms with Crippen molar-refractivity contribution in [1.29, 1.82) is 0 Å². The minimum Gasteiger partial charge on any atom is -0.247 e. The molecule has 4 rings (SSSR count). The first-order chi connectivity index (χ1) is 9.31. The average molecular weight is 247 g/mol. The molecule has 0 aliphatic rings. The summed E-state index contributed by atoms with van der Waals surface area (Å²) in [5, 5.41) is 4.18. The van der Waals surface area contributed by atoms with Crippen molar-refractivity contribution in [3.05, 3.63) is 66.5 Å². The number of fused-ring (bicyclic) bond motifs is 4. The molecule has 0 atom stereocenters. The van der Waals surface area contributed by atoms with Gasteiger partial charge in [0.2, 0.25) is 0 Å². The largest absolute Gasteiger partial charge is 0.247 e. The normalized spacial score (nSPS) is 11.4. The second-order valence-electron chi connectivity index (χ2n) is 4.68. The van der Waals surface area contributed by atoms with E-state index in [0.29, 0.717) is 0 Å². The minimum atomic E-state index is -0.227. The van der Waals surface area contributed by atoms with E-state index in [1.165, 1.54) is 17.5 Å². The zero-order valence-corrected chi connectivity index (χ0v) is 10.1. The van der Waals surface area contributed by atoms with Crippen LogP contribution in [0.1, 0.15) is 0 Å². The minimum absolute atomic E-state index is 0.227. The van der Waals surface area contributed by atoms with Crippen LogP contribution in [0.2, 0.25) is 0 Å². The predicted molar refractivity (Wildman–Crippen MR) is 76.7 cm³/mol. The molecule has 0 spiro atoms. The van der Waals surface area contributed by atoms with Gasteiger partial charge in [0.1, 0.15) is 5.82 Å². The van der Waals surface area contributed by atoms with E-state index in [2.05, 4.69) is 23.2 Å². The van der Waals surface area contributed by atoms with E-state index in [0.717, 1.165) is 27.2 Å². The van der Waals surface area contributed by atoms with Gasteiger partial charge in [-0.2, -0.15) is 0 Å². The van der Waals surface area contributed by atoms with Gasteiger partial charge < -0.3 is 0 Å². The molecule has 0 N–H and O–H groups in total. The fraction of sp³-hybridized carbons (Fsp3) is 0. The monoisotopic (exact) mass is 247 g/mol. The van der Waals surface area contributed by atoms with Crippen LogP contribution in [0.3, 0.4) is 0 Å². The van der Waals surface area contributed by atoms with Crippen molar-refractivity contribution in [2.24, 2.45) is 0 Å². The van der Waals surface area contributed by atoms with Crippen molar-refractivity contribution in [2.75, 3.05) is 0 Å². The number of halogens is 1. The summed E-state index contributed by atoms with van der Waals surface area (Å²) in [6.45, 7) is 0. The SMILES string of the molecule is Fc1ccc2nc3c(ccc4ccccc43)cc2c1. The highest BCUT2D eigenvalue weighted by atomic mass is 19.1. The van der Waals surface area contributed by atoms with Gasteiger partial charge in [0, 0.05) is 16.2 Å². The quantitative estimate of drug-likeness (QED) is 0.325.